The smallest absolute Gasteiger partial charge is 0.280 e. The van der Waals surface area contributed by atoms with E-state index in [0.717, 1.165) is 31.7 Å². The minimum absolute atomic E-state index is 0.188. The van der Waals surface area contributed by atoms with E-state index in [1.165, 1.54) is 29.4 Å². The number of alkyl halides is 2. The molecule has 1 amide bonds. The number of carbonyl (C=O) groups is 1. The second kappa shape index (κ2) is 8.51. The van der Waals surface area contributed by atoms with E-state index in [-0.39, 0.29) is 22.3 Å². The minimum atomic E-state index is -3.33. The lowest BCUT2D eigenvalue weighted by Gasteiger charge is -2.28. The maximum absolute atomic E-state index is 13.2. The van der Waals surface area contributed by atoms with Crippen LogP contribution < -0.4 is 10.0 Å². The second-order valence-electron chi connectivity index (χ2n) is 8.05. The first kappa shape index (κ1) is 21.6. The normalized spacial score (nSPS) is 24.1. The number of hydrogen-bond acceptors (Lipinski definition) is 4. The minimum Gasteiger partial charge on any atom is -0.345 e. The Morgan fingerprint density at radius 1 is 1.35 bits per heavy atom. The molecule has 2 aromatic heterocycles. The maximum Gasteiger partial charge on any atom is 0.280 e. The quantitative estimate of drug-likeness (QED) is 0.641. The molecule has 4 rings (SSSR count). The van der Waals surface area contributed by atoms with Crippen LogP contribution in [0, 0.1) is 10.7 Å². The predicted octanol–water partition coefficient (Wildman–Crippen LogP) is 4.50. The van der Waals surface area contributed by atoms with Crippen molar-refractivity contribution in [2.24, 2.45) is 13.0 Å². The number of anilines is 1. The van der Waals surface area contributed by atoms with Crippen molar-refractivity contribution in [2.45, 2.75) is 49.5 Å². The maximum atomic E-state index is 13.2. The van der Waals surface area contributed by atoms with Gasteiger partial charge in [-0.3, -0.25) is 9.78 Å². The van der Waals surface area contributed by atoms with Crippen molar-refractivity contribution in [3.63, 3.8) is 0 Å². The summed E-state index contributed by atoms with van der Waals surface area (Å²) in [7, 11) is -1.70. The Morgan fingerprint density at radius 2 is 2.10 bits per heavy atom. The Bertz CT molecular complexity index is 1120. The van der Waals surface area contributed by atoms with Gasteiger partial charge in [0.2, 0.25) is 0 Å². The van der Waals surface area contributed by atoms with Crippen molar-refractivity contribution < 1.29 is 17.8 Å². The van der Waals surface area contributed by atoms with Gasteiger partial charge in [0, 0.05) is 36.7 Å². The van der Waals surface area contributed by atoms with Gasteiger partial charge in [0.05, 0.1) is 4.90 Å². The number of rotatable bonds is 4. The van der Waals surface area contributed by atoms with E-state index in [4.69, 9.17) is 4.78 Å². The van der Waals surface area contributed by atoms with Crippen molar-refractivity contribution >= 4 is 27.6 Å². The number of halogens is 2. The van der Waals surface area contributed by atoms with Crippen LogP contribution in [0.4, 0.5) is 14.5 Å². The van der Waals surface area contributed by atoms with Gasteiger partial charge in [0.15, 0.2) is 0 Å². The van der Waals surface area contributed by atoms with Gasteiger partial charge in [-0.25, -0.2) is 22.5 Å². The van der Waals surface area contributed by atoms with Crippen LogP contribution in [-0.2, 0) is 17.0 Å². The summed E-state index contributed by atoms with van der Waals surface area (Å²) in [5, 5.41) is 2.61. The van der Waals surface area contributed by atoms with Gasteiger partial charge in [-0.15, -0.1) is 0 Å². The molecule has 2 aliphatic rings. The molecule has 166 valence electrons. The van der Waals surface area contributed by atoms with Gasteiger partial charge in [-0.2, -0.15) is 0 Å². The molecule has 1 saturated carbocycles. The molecular formula is C21H25F2N5O2S. The fourth-order valence-electron chi connectivity index (χ4n) is 4.37. The summed E-state index contributed by atoms with van der Waals surface area (Å²) in [5.74, 6) is -0.234. The molecule has 0 aromatic carbocycles. The second-order valence-corrected chi connectivity index (χ2v) is 9.84. The topological polar surface area (TPSA) is 99.9 Å². The third-order valence-electron chi connectivity index (χ3n) is 5.90. The van der Waals surface area contributed by atoms with Crippen LogP contribution in [-0.4, -0.2) is 25.7 Å². The molecule has 1 unspecified atom stereocenters. The number of fused-ring (bicyclic) bond motifs is 1. The average Bonchev–Trinajstić information content (AvgIpc) is 3.02. The Hall–Kier alpha value is -2.59. The average molecular weight is 450 g/mol. The van der Waals surface area contributed by atoms with Crippen molar-refractivity contribution in [1.29, 1.82) is 4.78 Å². The van der Waals surface area contributed by atoms with Gasteiger partial charge < -0.3 is 9.88 Å². The molecule has 0 saturated heterocycles. The van der Waals surface area contributed by atoms with E-state index in [2.05, 4.69) is 15.0 Å². The Labute approximate surface area is 180 Å². The van der Waals surface area contributed by atoms with Gasteiger partial charge in [0.1, 0.15) is 21.3 Å². The van der Waals surface area contributed by atoms with Crippen molar-refractivity contribution in [3.8, 4) is 0 Å². The SMILES string of the molecule is Cn1cc2c(c1C(=O)Nc1ccnc(C(F)F)c1)C=C[C@H](C1CCCCC1)NS2(=N)=O. The zero-order chi connectivity index (χ0) is 22.2. The molecule has 3 N–H and O–H groups in total. The first-order valence-electron chi connectivity index (χ1n) is 10.3. The highest BCUT2D eigenvalue weighted by Gasteiger charge is 2.31. The van der Waals surface area contributed by atoms with Gasteiger partial charge in [-0.1, -0.05) is 31.4 Å². The zero-order valence-corrected chi connectivity index (χ0v) is 17.9. The molecule has 0 radical (unpaired) electrons. The van der Waals surface area contributed by atoms with Gasteiger partial charge in [0.25, 0.3) is 12.3 Å². The standard InChI is InChI=1S/C21H25F2N5O2S/c1-28-12-18-15(7-8-16(27-31(18,24)30)13-5-3-2-4-6-13)19(28)21(29)26-14-9-10-25-17(11-14)20(22)23/h7-13,16,20H,2-6H2,1H3,(H2,24,27,30)(H,25,26,29)/t16-,31?/m1/s1. The van der Waals surface area contributed by atoms with Crippen LogP contribution in [0.25, 0.3) is 6.08 Å². The fraction of sp³-hybridized carbons (Fsp3) is 0.429. The Kier molecular flexibility index (Phi) is 5.94. The van der Waals surface area contributed by atoms with E-state index in [9.17, 15) is 17.8 Å². The van der Waals surface area contributed by atoms with Gasteiger partial charge in [-0.05, 0) is 30.9 Å². The number of pyridine rings is 1. The molecule has 31 heavy (non-hydrogen) atoms. The highest BCUT2D eigenvalue weighted by molar-refractivity contribution is 7.90. The Balaban J connectivity index is 1.66. The van der Waals surface area contributed by atoms with Crippen LogP contribution in [0.15, 0.2) is 35.5 Å². The summed E-state index contributed by atoms with van der Waals surface area (Å²) >= 11 is 0. The molecule has 10 heteroatoms. The third-order valence-corrected chi connectivity index (χ3v) is 7.45. The fourth-order valence-corrected chi connectivity index (χ4v) is 5.93. The predicted molar refractivity (Wildman–Crippen MR) is 114 cm³/mol. The summed E-state index contributed by atoms with van der Waals surface area (Å²) in [5.41, 5.74) is 0.381. The largest absolute Gasteiger partial charge is 0.345 e. The lowest BCUT2D eigenvalue weighted by molar-refractivity contribution is 0.101. The number of nitrogens with one attached hydrogen (secondary N) is 3. The molecule has 0 spiro atoms. The van der Waals surface area contributed by atoms with Crippen molar-refractivity contribution in [3.05, 3.63) is 47.6 Å². The molecule has 2 atom stereocenters. The van der Waals surface area contributed by atoms with E-state index in [1.807, 2.05) is 6.08 Å². The highest BCUT2D eigenvalue weighted by Crippen LogP contribution is 2.33. The van der Waals surface area contributed by atoms with Crippen LogP contribution >= 0.6 is 0 Å². The number of carbonyl (C=O) groups excluding carboxylic acids is 1. The molecule has 7 nitrogen and oxygen atoms in total. The molecule has 1 aliphatic carbocycles. The first-order chi connectivity index (χ1) is 14.8. The van der Waals surface area contributed by atoms with E-state index in [1.54, 1.807) is 13.1 Å². The monoisotopic (exact) mass is 449 g/mol. The number of nitrogens with zero attached hydrogens (tertiary/aromatic N) is 2. The highest BCUT2D eigenvalue weighted by atomic mass is 32.2. The van der Waals surface area contributed by atoms with E-state index in [0.29, 0.717) is 11.5 Å². The summed E-state index contributed by atoms with van der Waals surface area (Å²) in [6.45, 7) is 0. The summed E-state index contributed by atoms with van der Waals surface area (Å²) in [6.07, 6.45) is 9.08. The van der Waals surface area contributed by atoms with Crippen molar-refractivity contribution in [1.82, 2.24) is 14.3 Å². The summed E-state index contributed by atoms with van der Waals surface area (Å²) < 4.78 is 52.1. The molecular weight excluding hydrogens is 424 g/mol. The zero-order valence-electron chi connectivity index (χ0n) is 17.1. The van der Waals surface area contributed by atoms with Crippen molar-refractivity contribution in [2.75, 3.05) is 5.32 Å². The Morgan fingerprint density at radius 3 is 2.81 bits per heavy atom. The number of amides is 1. The van der Waals surface area contributed by atoms with E-state index < -0.39 is 27.9 Å². The molecule has 2 aromatic rings. The molecule has 0 bridgehead atoms. The molecule has 1 fully saturated rings. The van der Waals surface area contributed by atoms with Gasteiger partial charge >= 0.3 is 0 Å². The number of hydrogen-bond donors (Lipinski definition) is 3. The molecule has 3 heterocycles. The summed E-state index contributed by atoms with van der Waals surface area (Å²) in [4.78, 5) is 16.8. The van der Waals surface area contributed by atoms with Crippen LogP contribution in [0.3, 0.4) is 0 Å². The van der Waals surface area contributed by atoms with E-state index >= 15 is 0 Å². The van der Waals surface area contributed by atoms with Crippen LogP contribution in [0.5, 0.6) is 0 Å². The third kappa shape index (κ3) is 4.40. The first-order valence-corrected chi connectivity index (χ1v) is 11.8. The van der Waals surface area contributed by atoms with Crippen LogP contribution in [0.2, 0.25) is 0 Å². The molecule has 1 aliphatic heterocycles. The lowest BCUT2D eigenvalue weighted by atomic mass is 9.84. The van der Waals surface area contributed by atoms with Crippen LogP contribution in [0.1, 0.15) is 60.3 Å². The summed E-state index contributed by atoms with van der Waals surface area (Å²) in [6, 6.07) is 2.34. The lowest BCUT2D eigenvalue weighted by Crippen LogP contribution is -2.38. The number of aryl methyl sites for hydroxylation is 1. The number of aromatic nitrogens is 2.